The van der Waals surface area contributed by atoms with E-state index in [2.05, 4.69) is 19.1 Å². The zero-order valence-corrected chi connectivity index (χ0v) is 15.8. The molecule has 3 aromatic carbocycles. The highest BCUT2D eigenvalue weighted by molar-refractivity contribution is 6.44. The van der Waals surface area contributed by atoms with Gasteiger partial charge in [-0.1, -0.05) is 46.5 Å². The summed E-state index contributed by atoms with van der Waals surface area (Å²) >= 11 is 13.6. The SMILES string of the molecule is Cc1ccc2nc3c(ccc4nc5ccc(C)cc5c(Cl)c43)c(Cl)c2c1. The molecule has 0 amide bonds. The van der Waals surface area contributed by atoms with Gasteiger partial charge < -0.3 is 0 Å². The molecule has 0 aliphatic carbocycles. The molecule has 2 nitrogen and oxygen atoms in total. The smallest absolute Gasteiger partial charge is 0.0834 e. The van der Waals surface area contributed by atoms with Gasteiger partial charge in [0, 0.05) is 21.5 Å². The molecule has 4 heteroatoms. The van der Waals surface area contributed by atoms with E-state index in [4.69, 9.17) is 33.2 Å². The lowest BCUT2D eigenvalue weighted by molar-refractivity contribution is 1.44. The second-order valence-corrected chi connectivity index (χ2v) is 7.50. The number of benzene rings is 3. The predicted molar refractivity (Wildman–Crippen MR) is 112 cm³/mol. The molecule has 0 atom stereocenters. The van der Waals surface area contributed by atoms with Crippen LogP contribution in [0.4, 0.5) is 0 Å². The first-order chi connectivity index (χ1) is 12.5. The number of aromatic nitrogens is 2. The second kappa shape index (κ2) is 5.54. The van der Waals surface area contributed by atoms with Gasteiger partial charge >= 0.3 is 0 Å². The van der Waals surface area contributed by atoms with Gasteiger partial charge in [-0.3, -0.25) is 0 Å². The third-order valence-electron chi connectivity index (χ3n) is 4.86. The maximum Gasteiger partial charge on any atom is 0.0834 e. The Morgan fingerprint density at radius 1 is 0.615 bits per heavy atom. The minimum atomic E-state index is 0.675. The molecule has 126 valence electrons. The fraction of sp³-hybridized carbons (Fsp3) is 0.0909. The van der Waals surface area contributed by atoms with Crippen molar-refractivity contribution in [3.05, 3.63) is 69.7 Å². The first-order valence-electron chi connectivity index (χ1n) is 8.41. The maximum atomic E-state index is 6.83. The van der Waals surface area contributed by atoms with Crippen molar-refractivity contribution in [3.8, 4) is 0 Å². The van der Waals surface area contributed by atoms with E-state index in [0.29, 0.717) is 10.0 Å². The number of nitrogens with zero attached hydrogens (tertiary/aromatic N) is 2. The Morgan fingerprint density at radius 3 is 1.88 bits per heavy atom. The summed E-state index contributed by atoms with van der Waals surface area (Å²) in [5.41, 5.74) is 5.67. The summed E-state index contributed by atoms with van der Waals surface area (Å²) in [5.74, 6) is 0. The second-order valence-electron chi connectivity index (χ2n) is 6.75. The van der Waals surface area contributed by atoms with E-state index in [1.54, 1.807) is 0 Å². The van der Waals surface area contributed by atoms with Crippen molar-refractivity contribution in [2.24, 2.45) is 0 Å². The Morgan fingerprint density at radius 2 is 1.19 bits per heavy atom. The molecule has 0 N–H and O–H groups in total. The van der Waals surface area contributed by atoms with Crippen molar-refractivity contribution in [1.29, 1.82) is 0 Å². The Labute approximate surface area is 160 Å². The Balaban J connectivity index is 2.04. The third kappa shape index (κ3) is 2.19. The molecule has 0 bridgehead atoms. The van der Waals surface area contributed by atoms with Gasteiger partial charge in [0.05, 0.1) is 32.1 Å². The van der Waals surface area contributed by atoms with Crippen LogP contribution in [-0.4, -0.2) is 9.97 Å². The zero-order valence-electron chi connectivity index (χ0n) is 14.3. The first-order valence-corrected chi connectivity index (χ1v) is 9.17. The Kier molecular flexibility index (Phi) is 3.37. The molecule has 0 aliphatic heterocycles. The summed E-state index contributed by atoms with van der Waals surface area (Å²) in [4.78, 5) is 9.68. The highest BCUT2D eigenvalue weighted by Gasteiger charge is 2.15. The highest BCUT2D eigenvalue weighted by atomic mass is 35.5. The Hall–Kier alpha value is -2.42. The van der Waals surface area contributed by atoms with Crippen molar-refractivity contribution < 1.29 is 0 Å². The predicted octanol–water partition coefficient (Wildman–Crippen LogP) is 7.01. The molecule has 0 aliphatic rings. The van der Waals surface area contributed by atoms with Gasteiger partial charge in [0.2, 0.25) is 0 Å². The van der Waals surface area contributed by atoms with Crippen LogP contribution >= 0.6 is 23.2 Å². The number of aryl methyl sites for hydroxylation is 2. The molecular weight excluding hydrogens is 363 g/mol. The molecule has 0 unspecified atom stereocenters. The average molecular weight is 377 g/mol. The van der Waals surface area contributed by atoms with Gasteiger partial charge in [-0.2, -0.15) is 0 Å². The van der Waals surface area contributed by atoms with Gasteiger partial charge in [0.15, 0.2) is 0 Å². The van der Waals surface area contributed by atoms with Crippen LogP contribution in [0.25, 0.3) is 43.6 Å². The lowest BCUT2D eigenvalue weighted by Gasteiger charge is -2.11. The summed E-state index contributed by atoms with van der Waals surface area (Å²) in [6.45, 7) is 4.10. The maximum absolute atomic E-state index is 6.83. The summed E-state index contributed by atoms with van der Waals surface area (Å²) in [6, 6.07) is 16.2. The average Bonchev–Trinajstić information content (AvgIpc) is 2.63. The van der Waals surface area contributed by atoms with E-state index in [1.807, 2.05) is 43.3 Å². The quantitative estimate of drug-likeness (QED) is 0.214. The first kappa shape index (κ1) is 15.8. The van der Waals surface area contributed by atoms with Crippen LogP contribution in [0.3, 0.4) is 0 Å². The highest BCUT2D eigenvalue weighted by Crippen LogP contribution is 2.39. The normalized spacial score (nSPS) is 11.8. The number of halogens is 2. The summed E-state index contributed by atoms with van der Waals surface area (Å²) in [7, 11) is 0. The molecule has 5 rings (SSSR count). The van der Waals surface area contributed by atoms with Crippen LogP contribution < -0.4 is 0 Å². The summed E-state index contributed by atoms with van der Waals surface area (Å²) in [5, 5.41) is 5.03. The van der Waals surface area contributed by atoms with Crippen LogP contribution in [0.2, 0.25) is 10.0 Å². The monoisotopic (exact) mass is 376 g/mol. The fourth-order valence-electron chi connectivity index (χ4n) is 3.56. The van der Waals surface area contributed by atoms with Gasteiger partial charge in [-0.25, -0.2) is 9.97 Å². The van der Waals surface area contributed by atoms with E-state index in [-0.39, 0.29) is 0 Å². The van der Waals surface area contributed by atoms with Crippen LogP contribution in [0.15, 0.2) is 48.5 Å². The van der Waals surface area contributed by atoms with Gasteiger partial charge in [-0.15, -0.1) is 0 Å². The molecule has 0 fully saturated rings. The molecule has 0 radical (unpaired) electrons. The molecular formula is C22H14Cl2N2. The van der Waals surface area contributed by atoms with Crippen molar-refractivity contribution in [1.82, 2.24) is 9.97 Å². The molecule has 26 heavy (non-hydrogen) atoms. The Bertz CT molecular complexity index is 1370. The lowest BCUT2D eigenvalue weighted by atomic mass is 10.0. The number of pyridine rings is 2. The van der Waals surface area contributed by atoms with Gasteiger partial charge in [0.1, 0.15) is 0 Å². The molecule has 2 heterocycles. The number of hydrogen-bond acceptors (Lipinski definition) is 2. The van der Waals surface area contributed by atoms with Crippen molar-refractivity contribution in [2.75, 3.05) is 0 Å². The van der Waals surface area contributed by atoms with E-state index in [0.717, 1.165) is 54.7 Å². The molecule has 5 aromatic rings. The lowest BCUT2D eigenvalue weighted by Crippen LogP contribution is -1.91. The van der Waals surface area contributed by atoms with Crippen molar-refractivity contribution in [3.63, 3.8) is 0 Å². The zero-order chi connectivity index (χ0) is 18.0. The van der Waals surface area contributed by atoms with Gasteiger partial charge in [-0.05, 0) is 50.2 Å². The molecule has 0 spiro atoms. The van der Waals surface area contributed by atoms with Crippen LogP contribution in [0.1, 0.15) is 11.1 Å². The molecule has 0 saturated heterocycles. The van der Waals surface area contributed by atoms with E-state index >= 15 is 0 Å². The van der Waals surface area contributed by atoms with Gasteiger partial charge in [0.25, 0.3) is 0 Å². The fourth-order valence-corrected chi connectivity index (χ4v) is 4.20. The van der Waals surface area contributed by atoms with E-state index in [9.17, 15) is 0 Å². The number of fused-ring (bicyclic) bond motifs is 5. The minimum absolute atomic E-state index is 0.675. The topological polar surface area (TPSA) is 25.8 Å². The number of rotatable bonds is 0. The summed E-state index contributed by atoms with van der Waals surface area (Å²) in [6.07, 6.45) is 0. The van der Waals surface area contributed by atoms with Crippen molar-refractivity contribution in [2.45, 2.75) is 13.8 Å². The van der Waals surface area contributed by atoms with E-state index < -0.39 is 0 Å². The van der Waals surface area contributed by atoms with Crippen molar-refractivity contribution >= 4 is 66.8 Å². The third-order valence-corrected chi connectivity index (χ3v) is 5.66. The standard InChI is InChI=1S/C22H14Cl2N2/c1-11-4-7-17-14(9-11)20(23)13-5-8-18-19(22(13)26-17)21(24)15-10-12(2)3-6-16(15)25-18/h3-10H,1-2H3. The number of hydrogen-bond donors (Lipinski definition) is 0. The largest absolute Gasteiger partial charge is 0.248 e. The summed E-state index contributed by atoms with van der Waals surface area (Å²) < 4.78 is 0. The van der Waals surface area contributed by atoms with Crippen LogP contribution in [-0.2, 0) is 0 Å². The minimum Gasteiger partial charge on any atom is -0.248 e. The molecule has 2 aromatic heterocycles. The van der Waals surface area contributed by atoms with Crippen LogP contribution in [0, 0.1) is 13.8 Å². The molecule has 0 saturated carbocycles. The van der Waals surface area contributed by atoms with Crippen LogP contribution in [0.5, 0.6) is 0 Å². The van der Waals surface area contributed by atoms with E-state index in [1.165, 1.54) is 0 Å².